The van der Waals surface area contributed by atoms with E-state index in [4.69, 9.17) is 4.74 Å². The van der Waals surface area contributed by atoms with Crippen molar-refractivity contribution in [2.75, 3.05) is 23.2 Å². The number of amides is 3. The van der Waals surface area contributed by atoms with Crippen LogP contribution in [0, 0.1) is 6.92 Å². The van der Waals surface area contributed by atoms with Gasteiger partial charge in [0.05, 0.1) is 18.3 Å². The molecule has 3 amide bonds. The summed E-state index contributed by atoms with van der Waals surface area (Å²) in [5.41, 5.74) is 5.23. The summed E-state index contributed by atoms with van der Waals surface area (Å²) in [5.74, 6) is -1.77. The van der Waals surface area contributed by atoms with E-state index in [0.29, 0.717) is 28.0 Å². The molecule has 178 valence electrons. The molecular formula is C25H20Br2N4O4. The van der Waals surface area contributed by atoms with Crippen LogP contribution in [0.4, 0.5) is 11.4 Å². The Balaban J connectivity index is 1.62. The summed E-state index contributed by atoms with van der Waals surface area (Å²) in [5, 5.41) is 6.06. The first-order chi connectivity index (χ1) is 16.7. The van der Waals surface area contributed by atoms with E-state index in [2.05, 4.69) is 47.9 Å². The molecule has 0 atom stereocenters. The number of methoxy groups -OCH3 is 1. The topological polar surface area (TPSA) is 101 Å². The van der Waals surface area contributed by atoms with Crippen molar-refractivity contribution in [1.29, 1.82) is 0 Å². The molecule has 0 aliphatic heterocycles. The summed E-state index contributed by atoms with van der Waals surface area (Å²) in [6, 6.07) is 19.1. The highest BCUT2D eigenvalue weighted by molar-refractivity contribution is 9.10. The predicted octanol–water partition coefficient (Wildman–Crippen LogP) is 5.44. The van der Waals surface area contributed by atoms with Crippen molar-refractivity contribution in [3.05, 3.63) is 86.9 Å². The second kappa shape index (κ2) is 10.3. The lowest BCUT2D eigenvalue weighted by molar-refractivity contribution is -0.133. The van der Waals surface area contributed by atoms with Gasteiger partial charge in [0.2, 0.25) is 0 Å². The van der Waals surface area contributed by atoms with Gasteiger partial charge in [-0.3, -0.25) is 19.8 Å². The minimum atomic E-state index is -0.946. The smallest absolute Gasteiger partial charge is 0.328 e. The van der Waals surface area contributed by atoms with Crippen molar-refractivity contribution in [2.24, 2.45) is 0 Å². The molecule has 8 nitrogen and oxygen atoms in total. The summed E-state index contributed by atoms with van der Waals surface area (Å²) >= 11 is 6.87. The minimum absolute atomic E-state index is 0.146. The molecule has 0 spiro atoms. The zero-order chi connectivity index (χ0) is 25.1. The SMILES string of the molecule is COc1cccc(NC(=O)C(=O)Nn2c(C(=O)Nc3ccc(C)cc3Br)cc3cc(Br)ccc32)c1. The number of ether oxygens (including phenoxy) is 1. The van der Waals surface area contributed by atoms with Crippen LogP contribution in [-0.2, 0) is 9.59 Å². The van der Waals surface area contributed by atoms with Crippen LogP contribution < -0.4 is 20.8 Å². The zero-order valence-corrected chi connectivity index (χ0v) is 21.9. The standard InChI is InChI=1S/C25H20Br2N4O4/c1-14-6-8-20(19(27)10-14)29-23(32)22-12-15-11-16(26)7-9-21(15)31(22)30-25(34)24(33)28-17-4-3-5-18(13-17)35-2/h3-13H,1-2H3,(H,28,33)(H,29,32)(H,30,34). The first-order valence-electron chi connectivity index (χ1n) is 10.4. The molecule has 1 aromatic heterocycles. The lowest BCUT2D eigenvalue weighted by Gasteiger charge is -2.13. The Morgan fingerprint density at radius 2 is 1.69 bits per heavy atom. The number of hydrogen-bond acceptors (Lipinski definition) is 4. The van der Waals surface area contributed by atoms with Crippen molar-refractivity contribution in [3.63, 3.8) is 0 Å². The number of aryl methyl sites for hydroxylation is 1. The fourth-order valence-corrected chi connectivity index (χ4v) is 4.39. The minimum Gasteiger partial charge on any atom is -0.497 e. The summed E-state index contributed by atoms with van der Waals surface area (Å²) in [7, 11) is 1.50. The summed E-state index contributed by atoms with van der Waals surface area (Å²) in [6.07, 6.45) is 0. The first-order valence-corrected chi connectivity index (χ1v) is 12.0. The third-order valence-corrected chi connectivity index (χ3v) is 6.27. The average molecular weight is 600 g/mol. The van der Waals surface area contributed by atoms with Gasteiger partial charge in [-0.1, -0.05) is 28.1 Å². The highest BCUT2D eigenvalue weighted by Crippen LogP contribution is 2.27. The Morgan fingerprint density at radius 3 is 2.43 bits per heavy atom. The highest BCUT2D eigenvalue weighted by atomic mass is 79.9. The maximum Gasteiger partial charge on any atom is 0.328 e. The largest absolute Gasteiger partial charge is 0.497 e. The van der Waals surface area contributed by atoms with Crippen molar-refractivity contribution in [2.45, 2.75) is 6.92 Å². The van der Waals surface area contributed by atoms with Crippen LogP contribution in [0.5, 0.6) is 5.75 Å². The van der Waals surface area contributed by atoms with Crippen LogP contribution in [0.1, 0.15) is 16.1 Å². The fraction of sp³-hybridized carbons (Fsp3) is 0.0800. The molecule has 1 heterocycles. The van der Waals surface area contributed by atoms with Gasteiger partial charge in [-0.2, -0.15) is 0 Å². The quantitative estimate of drug-likeness (QED) is 0.266. The monoisotopic (exact) mass is 598 g/mol. The van der Waals surface area contributed by atoms with E-state index in [-0.39, 0.29) is 5.69 Å². The van der Waals surface area contributed by atoms with Crippen LogP contribution in [0.3, 0.4) is 0 Å². The molecule has 0 aliphatic carbocycles. The van der Waals surface area contributed by atoms with Gasteiger partial charge in [0.25, 0.3) is 5.91 Å². The Labute approximate surface area is 217 Å². The molecule has 0 saturated carbocycles. The molecule has 4 aromatic rings. The molecule has 3 aromatic carbocycles. The third-order valence-electron chi connectivity index (χ3n) is 5.12. The Hall–Kier alpha value is -3.63. The second-order valence-electron chi connectivity index (χ2n) is 7.63. The Morgan fingerprint density at radius 1 is 0.886 bits per heavy atom. The summed E-state index contributed by atoms with van der Waals surface area (Å²) in [4.78, 5) is 38.6. The van der Waals surface area contributed by atoms with Crippen molar-refractivity contribution >= 4 is 71.9 Å². The highest BCUT2D eigenvalue weighted by Gasteiger charge is 2.22. The number of rotatable bonds is 5. The van der Waals surface area contributed by atoms with E-state index in [1.807, 2.05) is 25.1 Å². The molecule has 3 N–H and O–H groups in total. The molecule has 0 saturated heterocycles. The number of hydrogen-bond donors (Lipinski definition) is 3. The maximum absolute atomic E-state index is 13.2. The number of nitrogens with one attached hydrogen (secondary N) is 3. The van der Waals surface area contributed by atoms with Gasteiger partial charge in [-0.05, 0) is 76.9 Å². The second-order valence-corrected chi connectivity index (χ2v) is 9.40. The van der Waals surface area contributed by atoms with E-state index in [9.17, 15) is 14.4 Å². The molecule has 10 heteroatoms. The zero-order valence-electron chi connectivity index (χ0n) is 18.7. The van der Waals surface area contributed by atoms with Gasteiger partial charge in [-0.15, -0.1) is 0 Å². The van der Waals surface area contributed by atoms with Gasteiger partial charge in [-0.25, -0.2) is 4.68 Å². The molecule has 0 aliphatic rings. The molecule has 0 bridgehead atoms. The number of carbonyl (C=O) groups is 3. The van der Waals surface area contributed by atoms with Crippen LogP contribution in [-0.4, -0.2) is 29.5 Å². The normalized spacial score (nSPS) is 10.6. The first kappa shape index (κ1) is 24.5. The van der Waals surface area contributed by atoms with Gasteiger partial charge in [0.1, 0.15) is 11.4 Å². The van der Waals surface area contributed by atoms with E-state index in [1.165, 1.54) is 11.8 Å². The van der Waals surface area contributed by atoms with E-state index < -0.39 is 17.7 Å². The number of fused-ring (bicyclic) bond motifs is 1. The Kier molecular flexibility index (Phi) is 7.23. The number of benzene rings is 3. The number of nitrogens with zero attached hydrogens (tertiary/aromatic N) is 1. The van der Waals surface area contributed by atoms with E-state index in [0.717, 1.165) is 14.5 Å². The predicted molar refractivity (Wildman–Crippen MR) is 142 cm³/mol. The molecule has 4 rings (SSSR count). The van der Waals surface area contributed by atoms with Crippen LogP contribution in [0.15, 0.2) is 75.7 Å². The van der Waals surface area contributed by atoms with E-state index in [1.54, 1.807) is 48.5 Å². The molecule has 0 unspecified atom stereocenters. The van der Waals surface area contributed by atoms with Gasteiger partial charge >= 0.3 is 11.8 Å². The molecule has 35 heavy (non-hydrogen) atoms. The Bertz CT molecular complexity index is 1470. The summed E-state index contributed by atoms with van der Waals surface area (Å²) < 4.78 is 7.96. The van der Waals surface area contributed by atoms with Crippen LogP contribution in [0.2, 0.25) is 0 Å². The number of carbonyl (C=O) groups excluding carboxylic acids is 3. The van der Waals surface area contributed by atoms with Gasteiger partial charge < -0.3 is 15.4 Å². The fourth-order valence-electron chi connectivity index (χ4n) is 3.42. The van der Waals surface area contributed by atoms with Crippen LogP contribution >= 0.6 is 31.9 Å². The van der Waals surface area contributed by atoms with E-state index >= 15 is 0 Å². The van der Waals surface area contributed by atoms with Crippen molar-refractivity contribution < 1.29 is 19.1 Å². The lowest BCUT2D eigenvalue weighted by Crippen LogP contribution is -2.36. The molecule has 0 fully saturated rings. The number of anilines is 2. The van der Waals surface area contributed by atoms with Crippen LogP contribution in [0.25, 0.3) is 10.9 Å². The average Bonchev–Trinajstić information content (AvgIpc) is 3.18. The maximum atomic E-state index is 13.2. The summed E-state index contributed by atoms with van der Waals surface area (Å²) in [6.45, 7) is 1.94. The number of halogens is 2. The van der Waals surface area contributed by atoms with Gasteiger partial charge in [0, 0.05) is 26.1 Å². The third kappa shape index (κ3) is 5.55. The lowest BCUT2D eigenvalue weighted by atomic mass is 10.2. The van der Waals surface area contributed by atoms with Crippen molar-refractivity contribution in [3.8, 4) is 5.75 Å². The molecular weight excluding hydrogens is 580 g/mol. The number of aromatic nitrogens is 1. The van der Waals surface area contributed by atoms with Gasteiger partial charge in [0.15, 0.2) is 0 Å². The van der Waals surface area contributed by atoms with Crippen molar-refractivity contribution in [1.82, 2.24) is 4.68 Å². The molecule has 0 radical (unpaired) electrons.